The summed E-state index contributed by atoms with van der Waals surface area (Å²) in [5, 5.41) is 9.81. The molecule has 3 N–H and O–H groups in total. The van der Waals surface area contributed by atoms with Gasteiger partial charge in [0.2, 0.25) is 5.91 Å². The number of hydrogen-bond acceptors (Lipinski definition) is 3. The predicted octanol–water partition coefficient (Wildman–Crippen LogP) is 2.28. The third kappa shape index (κ3) is 7.29. The highest BCUT2D eigenvalue weighted by atomic mass is 127. The molecule has 2 fully saturated rings. The van der Waals surface area contributed by atoms with Crippen molar-refractivity contribution in [3.05, 3.63) is 0 Å². The maximum atomic E-state index is 11.7. The van der Waals surface area contributed by atoms with Crippen molar-refractivity contribution in [1.29, 1.82) is 0 Å². The van der Waals surface area contributed by atoms with E-state index in [4.69, 9.17) is 4.74 Å². The number of amides is 1. The molecule has 0 radical (unpaired) electrons. The Hall–Kier alpha value is -0.570. The van der Waals surface area contributed by atoms with Gasteiger partial charge in [0, 0.05) is 46.3 Å². The minimum Gasteiger partial charge on any atom is -0.385 e. The van der Waals surface area contributed by atoms with E-state index < -0.39 is 0 Å². The van der Waals surface area contributed by atoms with Crippen LogP contribution in [0.3, 0.4) is 0 Å². The van der Waals surface area contributed by atoms with Crippen molar-refractivity contribution >= 4 is 35.8 Å². The Morgan fingerprint density at radius 2 is 1.88 bits per heavy atom. The first-order valence-corrected chi connectivity index (χ1v) is 9.40. The summed E-state index contributed by atoms with van der Waals surface area (Å²) in [6.07, 6.45) is 9.21. The van der Waals surface area contributed by atoms with E-state index in [-0.39, 0.29) is 35.8 Å². The van der Waals surface area contributed by atoms with Crippen LogP contribution in [-0.2, 0) is 9.53 Å². The van der Waals surface area contributed by atoms with E-state index in [0.29, 0.717) is 5.41 Å². The zero-order chi connectivity index (χ0) is 17.3. The summed E-state index contributed by atoms with van der Waals surface area (Å²) in [5.41, 5.74) is 0.379. The van der Waals surface area contributed by atoms with Gasteiger partial charge in [-0.2, -0.15) is 0 Å². The number of nitrogens with one attached hydrogen (secondary N) is 3. The van der Waals surface area contributed by atoms with Gasteiger partial charge in [-0.3, -0.25) is 9.79 Å². The van der Waals surface area contributed by atoms with E-state index in [2.05, 4.69) is 20.9 Å². The van der Waals surface area contributed by atoms with Crippen molar-refractivity contribution in [3.63, 3.8) is 0 Å². The summed E-state index contributed by atoms with van der Waals surface area (Å²) in [4.78, 5) is 16.0. The molecule has 0 heterocycles. The zero-order valence-electron chi connectivity index (χ0n) is 15.7. The second-order valence-electron chi connectivity index (χ2n) is 7.22. The van der Waals surface area contributed by atoms with E-state index in [9.17, 15) is 4.79 Å². The van der Waals surface area contributed by atoms with E-state index in [1.165, 1.54) is 25.7 Å². The lowest BCUT2D eigenvalue weighted by atomic mass is 9.67. The first-order valence-electron chi connectivity index (χ1n) is 9.40. The van der Waals surface area contributed by atoms with Crippen LogP contribution in [0.25, 0.3) is 0 Å². The van der Waals surface area contributed by atoms with Gasteiger partial charge in [-0.1, -0.05) is 12.8 Å². The molecule has 2 aliphatic rings. The van der Waals surface area contributed by atoms with Crippen LogP contribution in [0, 0.1) is 11.3 Å². The SMILES string of the molecule is CN=C(NCCCNC(=O)C1CCC1)NCC1(CCOC)CCC1.I. The number of carbonyl (C=O) groups is 1. The molecule has 0 aliphatic heterocycles. The van der Waals surface area contributed by atoms with Crippen LogP contribution in [0.4, 0.5) is 0 Å². The van der Waals surface area contributed by atoms with Crippen LogP contribution < -0.4 is 16.0 Å². The number of halogens is 1. The molecule has 0 bridgehead atoms. The molecule has 2 aliphatic carbocycles. The Morgan fingerprint density at radius 1 is 1.16 bits per heavy atom. The molecule has 0 aromatic heterocycles. The number of rotatable bonds is 10. The highest BCUT2D eigenvalue weighted by Gasteiger charge is 2.36. The van der Waals surface area contributed by atoms with E-state index in [1.54, 1.807) is 14.2 Å². The van der Waals surface area contributed by atoms with Crippen LogP contribution in [-0.4, -0.2) is 52.3 Å². The summed E-state index contributed by atoms with van der Waals surface area (Å²) in [6, 6.07) is 0. The third-order valence-corrected chi connectivity index (χ3v) is 5.53. The predicted molar refractivity (Wildman–Crippen MR) is 113 cm³/mol. The monoisotopic (exact) mass is 466 g/mol. The molecular weight excluding hydrogens is 431 g/mol. The Morgan fingerprint density at radius 3 is 2.40 bits per heavy atom. The molecule has 0 atom stereocenters. The molecule has 0 aromatic rings. The average Bonchev–Trinajstić information content (AvgIpc) is 2.49. The first kappa shape index (κ1) is 22.5. The van der Waals surface area contributed by atoms with Crippen LogP contribution >= 0.6 is 24.0 Å². The van der Waals surface area contributed by atoms with Crippen LogP contribution in [0.15, 0.2) is 4.99 Å². The number of carbonyl (C=O) groups excluding carboxylic acids is 1. The van der Waals surface area contributed by atoms with E-state index in [0.717, 1.165) is 57.9 Å². The third-order valence-electron chi connectivity index (χ3n) is 5.53. The van der Waals surface area contributed by atoms with Crippen molar-refractivity contribution < 1.29 is 9.53 Å². The highest BCUT2D eigenvalue weighted by Crippen LogP contribution is 2.43. The van der Waals surface area contributed by atoms with Gasteiger partial charge in [0.1, 0.15) is 0 Å². The van der Waals surface area contributed by atoms with Crippen molar-refractivity contribution in [2.75, 3.05) is 40.4 Å². The second-order valence-corrected chi connectivity index (χ2v) is 7.22. The lowest BCUT2D eigenvalue weighted by Gasteiger charge is -2.42. The Kier molecular flexibility index (Phi) is 10.7. The summed E-state index contributed by atoms with van der Waals surface area (Å²) < 4.78 is 5.24. The minimum atomic E-state index is 0. The summed E-state index contributed by atoms with van der Waals surface area (Å²) in [7, 11) is 3.57. The zero-order valence-corrected chi connectivity index (χ0v) is 18.1. The van der Waals surface area contributed by atoms with Gasteiger partial charge in [0.25, 0.3) is 0 Å². The molecule has 2 rings (SSSR count). The molecule has 0 saturated heterocycles. The molecule has 0 aromatic carbocycles. The molecule has 1 amide bonds. The molecule has 0 unspecified atom stereocenters. The van der Waals surface area contributed by atoms with Crippen LogP contribution in [0.2, 0.25) is 0 Å². The van der Waals surface area contributed by atoms with Crippen molar-refractivity contribution in [2.45, 2.75) is 51.4 Å². The largest absolute Gasteiger partial charge is 0.385 e. The van der Waals surface area contributed by atoms with E-state index in [1.807, 2.05) is 0 Å². The molecule has 6 nitrogen and oxygen atoms in total. The minimum absolute atomic E-state index is 0. The maximum absolute atomic E-state index is 11.7. The second kappa shape index (κ2) is 11.9. The van der Waals surface area contributed by atoms with Gasteiger partial charge >= 0.3 is 0 Å². The standard InChI is InChI=1S/C18H34N4O2.HI/c1-19-17(22-14-18(8-4-9-18)10-13-24-2)21-12-5-11-20-16(23)15-6-3-7-15;/h15H,3-14H2,1-2H3,(H,20,23)(H2,19,21,22);1H. The van der Waals surface area contributed by atoms with Crippen molar-refractivity contribution in [3.8, 4) is 0 Å². The van der Waals surface area contributed by atoms with Gasteiger partial charge in [-0.15, -0.1) is 24.0 Å². The molecule has 25 heavy (non-hydrogen) atoms. The number of guanidine groups is 1. The van der Waals surface area contributed by atoms with Crippen LogP contribution in [0.1, 0.15) is 51.4 Å². The highest BCUT2D eigenvalue weighted by molar-refractivity contribution is 14.0. The molecule has 2 saturated carbocycles. The van der Waals surface area contributed by atoms with Crippen LogP contribution in [0.5, 0.6) is 0 Å². The van der Waals surface area contributed by atoms with Gasteiger partial charge in [-0.25, -0.2) is 0 Å². The summed E-state index contributed by atoms with van der Waals surface area (Å²) in [5.74, 6) is 1.36. The Balaban J connectivity index is 0.00000312. The van der Waals surface area contributed by atoms with Gasteiger partial charge in [0.15, 0.2) is 5.96 Å². The average molecular weight is 466 g/mol. The number of methoxy groups -OCH3 is 1. The van der Waals surface area contributed by atoms with Gasteiger partial charge in [0.05, 0.1) is 0 Å². The van der Waals surface area contributed by atoms with Crippen molar-refractivity contribution in [2.24, 2.45) is 16.3 Å². The lowest BCUT2D eigenvalue weighted by Crippen LogP contribution is -2.47. The fourth-order valence-corrected chi connectivity index (χ4v) is 3.32. The number of nitrogens with zero attached hydrogens (tertiary/aromatic N) is 1. The normalized spacial score (nSPS) is 19.2. The first-order chi connectivity index (χ1) is 11.7. The quantitative estimate of drug-likeness (QED) is 0.200. The number of ether oxygens (including phenoxy) is 1. The fraction of sp³-hybridized carbons (Fsp3) is 0.889. The Bertz CT molecular complexity index is 423. The number of hydrogen-bond donors (Lipinski definition) is 3. The Labute approximate surface area is 169 Å². The molecule has 0 spiro atoms. The van der Waals surface area contributed by atoms with Crippen molar-refractivity contribution in [1.82, 2.24) is 16.0 Å². The topological polar surface area (TPSA) is 74.8 Å². The summed E-state index contributed by atoms with van der Waals surface area (Å²) >= 11 is 0. The fourth-order valence-electron chi connectivity index (χ4n) is 3.32. The molecular formula is C18H35IN4O2. The molecule has 146 valence electrons. The maximum Gasteiger partial charge on any atom is 0.223 e. The summed E-state index contributed by atoms with van der Waals surface area (Å²) in [6.45, 7) is 3.33. The lowest BCUT2D eigenvalue weighted by molar-refractivity contribution is -0.127. The van der Waals surface area contributed by atoms with Gasteiger partial charge < -0.3 is 20.7 Å². The number of aliphatic imine (C=N–C) groups is 1. The molecule has 7 heteroatoms. The van der Waals surface area contributed by atoms with Gasteiger partial charge in [-0.05, 0) is 43.9 Å². The van der Waals surface area contributed by atoms with E-state index >= 15 is 0 Å². The smallest absolute Gasteiger partial charge is 0.223 e.